The summed E-state index contributed by atoms with van der Waals surface area (Å²) >= 11 is 0. The largest absolute Gasteiger partial charge is 0.382 e. The fraction of sp³-hybridized carbons (Fsp3) is 0.579. The van der Waals surface area contributed by atoms with E-state index in [0.717, 1.165) is 54.2 Å². The molecule has 1 saturated carbocycles. The Morgan fingerprint density at radius 3 is 2.42 bits per heavy atom. The van der Waals surface area contributed by atoms with Crippen molar-refractivity contribution in [3.63, 3.8) is 0 Å². The van der Waals surface area contributed by atoms with Gasteiger partial charge >= 0.3 is 0 Å². The predicted octanol–water partition coefficient (Wildman–Crippen LogP) is 1.95. The van der Waals surface area contributed by atoms with Crippen LogP contribution < -0.4 is 21.3 Å². The number of aliphatic hydroxyl groups excluding tert-OH is 1. The van der Waals surface area contributed by atoms with Crippen molar-refractivity contribution in [3.8, 4) is 0 Å². The molecule has 0 bridgehead atoms. The van der Waals surface area contributed by atoms with Crippen molar-refractivity contribution in [2.45, 2.75) is 82.6 Å². The molecule has 298 valence electrons. The number of aromatic nitrogens is 3. The molecule has 1 aromatic carbocycles. The topological polar surface area (TPSA) is 207 Å². The highest BCUT2D eigenvalue weighted by molar-refractivity contribution is 6.06. The first-order valence-corrected chi connectivity index (χ1v) is 19.2. The summed E-state index contributed by atoms with van der Waals surface area (Å²) in [5.74, 6) is -0.501. The Morgan fingerprint density at radius 2 is 1.67 bits per heavy atom. The van der Waals surface area contributed by atoms with Crippen molar-refractivity contribution in [1.29, 1.82) is 0 Å². The fourth-order valence-corrected chi connectivity index (χ4v) is 7.22. The minimum absolute atomic E-state index is 0.0150. The number of aliphatic hydroxyl groups is 1. The maximum Gasteiger partial charge on any atom is 0.257 e. The van der Waals surface area contributed by atoms with Crippen molar-refractivity contribution in [1.82, 2.24) is 30.1 Å². The fourth-order valence-electron chi connectivity index (χ4n) is 7.22. The number of carbonyl (C=O) groups excluding carboxylic acids is 4. The van der Waals surface area contributed by atoms with Crippen molar-refractivity contribution < 1.29 is 43.2 Å². The third kappa shape index (κ3) is 10.5. The van der Waals surface area contributed by atoms with Crippen molar-refractivity contribution in [2.24, 2.45) is 0 Å². The van der Waals surface area contributed by atoms with E-state index in [-0.39, 0.29) is 36.7 Å². The number of imide groups is 1. The number of piperidine rings is 1. The second-order valence-electron chi connectivity index (χ2n) is 13.8. The molecule has 3 aromatic rings. The third-order valence-corrected chi connectivity index (χ3v) is 9.86. The molecule has 1 saturated heterocycles. The van der Waals surface area contributed by atoms with Crippen LogP contribution in [-0.2, 0) is 39.8 Å². The van der Waals surface area contributed by atoms with Crippen LogP contribution in [0.15, 0.2) is 36.5 Å². The molecule has 2 aliphatic heterocycles. The van der Waals surface area contributed by atoms with Crippen LogP contribution in [0.4, 0.5) is 11.5 Å². The van der Waals surface area contributed by atoms with Crippen molar-refractivity contribution >= 4 is 40.8 Å². The van der Waals surface area contributed by atoms with E-state index in [1.807, 2.05) is 10.6 Å². The van der Waals surface area contributed by atoms with Gasteiger partial charge in [0.15, 0.2) is 11.9 Å². The molecule has 4 heterocycles. The molecule has 17 heteroatoms. The number of amides is 4. The summed E-state index contributed by atoms with van der Waals surface area (Å²) < 4.78 is 24.2. The summed E-state index contributed by atoms with van der Waals surface area (Å²) in [5.41, 5.74) is 3.17. The van der Waals surface area contributed by atoms with Crippen LogP contribution in [0.1, 0.15) is 79.7 Å². The van der Waals surface area contributed by atoms with Crippen molar-refractivity contribution in [3.05, 3.63) is 53.3 Å². The maximum atomic E-state index is 13.0. The summed E-state index contributed by atoms with van der Waals surface area (Å²) in [6, 6.07) is 8.52. The zero-order chi connectivity index (χ0) is 38.6. The molecule has 1 aliphatic carbocycles. The molecule has 4 atom stereocenters. The molecule has 3 aliphatic rings. The lowest BCUT2D eigenvalue weighted by Crippen LogP contribution is -2.53. The molecule has 55 heavy (non-hydrogen) atoms. The minimum Gasteiger partial charge on any atom is -0.382 e. The number of hydrogen-bond acceptors (Lipinski definition) is 13. The van der Waals surface area contributed by atoms with Gasteiger partial charge in [0.2, 0.25) is 17.7 Å². The molecule has 5 N–H and O–H groups in total. The van der Waals surface area contributed by atoms with E-state index in [9.17, 15) is 24.3 Å². The SMILES string of the molecule is CCCc1cc(N[C@@H]2CCC(NC(=O)CCOCCOCCOCCOCCNc3cccc4c3C(O)N(C3CCC(=O)NC3=O)C4=O)C2)n2nccc2n1. The Balaban J connectivity index is 0.751. The first-order valence-electron chi connectivity index (χ1n) is 19.2. The van der Waals surface area contributed by atoms with Gasteiger partial charge in [-0.05, 0) is 44.2 Å². The van der Waals surface area contributed by atoms with E-state index >= 15 is 0 Å². The molecule has 4 amide bonds. The number of carbonyl (C=O) groups is 4. The highest BCUT2D eigenvalue weighted by atomic mass is 16.6. The van der Waals surface area contributed by atoms with Crippen LogP contribution in [0.25, 0.3) is 5.65 Å². The molecule has 3 unspecified atom stereocenters. The first kappa shape index (κ1) is 40.0. The van der Waals surface area contributed by atoms with E-state index in [1.54, 1.807) is 24.4 Å². The van der Waals surface area contributed by atoms with Gasteiger partial charge in [-0.15, -0.1) is 0 Å². The molecular formula is C38H52N8O9. The van der Waals surface area contributed by atoms with Gasteiger partial charge in [0, 0.05) is 66.1 Å². The van der Waals surface area contributed by atoms with Gasteiger partial charge in [0.1, 0.15) is 11.9 Å². The molecule has 17 nitrogen and oxygen atoms in total. The van der Waals surface area contributed by atoms with E-state index in [4.69, 9.17) is 18.9 Å². The van der Waals surface area contributed by atoms with E-state index < -0.39 is 24.1 Å². The first-order chi connectivity index (χ1) is 26.8. The number of rotatable bonds is 22. The van der Waals surface area contributed by atoms with Gasteiger partial charge < -0.3 is 40.0 Å². The second-order valence-corrected chi connectivity index (χ2v) is 13.8. The van der Waals surface area contributed by atoms with Gasteiger partial charge in [-0.1, -0.05) is 19.4 Å². The lowest BCUT2D eigenvalue weighted by molar-refractivity contribution is -0.139. The smallest absolute Gasteiger partial charge is 0.257 e. The van der Waals surface area contributed by atoms with Gasteiger partial charge in [-0.2, -0.15) is 9.61 Å². The predicted molar refractivity (Wildman–Crippen MR) is 200 cm³/mol. The standard InChI is InChI=1S/C38H52N8O9/c1-2-4-25-24-32(46-31(41-25)11-13-40-46)42-26-7-8-27(23-26)43-34(48)12-15-52-17-19-54-21-22-55-20-18-53-16-14-39-29-6-3-5-28-35(29)38(51)45(37(28)50)30-9-10-33(47)44-36(30)49/h3,5-6,11,13,24,26-27,30,38-39,42,51H,2,4,7-10,12,14-23H2,1H3,(H,43,48)(H,44,47,49)/t26-,27?,30?,38?/m1/s1. The van der Waals surface area contributed by atoms with E-state index in [0.29, 0.717) is 82.6 Å². The number of anilines is 2. The van der Waals surface area contributed by atoms with Crippen LogP contribution in [0.5, 0.6) is 0 Å². The normalized spacial score (nSPS) is 20.9. The second kappa shape index (κ2) is 19.8. The molecule has 0 radical (unpaired) electrons. The average Bonchev–Trinajstić information content (AvgIpc) is 3.89. The van der Waals surface area contributed by atoms with E-state index in [1.165, 1.54) is 0 Å². The Labute approximate surface area is 319 Å². The number of benzene rings is 1. The van der Waals surface area contributed by atoms with Crippen LogP contribution in [0.3, 0.4) is 0 Å². The number of nitrogens with zero attached hydrogens (tertiary/aromatic N) is 4. The van der Waals surface area contributed by atoms with Crippen molar-refractivity contribution in [2.75, 3.05) is 70.0 Å². The lowest BCUT2D eigenvalue weighted by Gasteiger charge is -2.32. The van der Waals surface area contributed by atoms with Crippen LogP contribution in [0, 0.1) is 0 Å². The zero-order valence-corrected chi connectivity index (χ0v) is 31.3. The molecule has 2 fully saturated rings. The summed E-state index contributed by atoms with van der Waals surface area (Å²) in [6.07, 6.45) is 5.68. The molecule has 0 spiro atoms. The summed E-state index contributed by atoms with van der Waals surface area (Å²) in [5, 5.41) is 27.6. The third-order valence-electron chi connectivity index (χ3n) is 9.86. The Morgan fingerprint density at radius 1 is 0.945 bits per heavy atom. The summed E-state index contributed by atoms with van der Waals surface area (Å²) in [4.78, 5) is 55.3. The molecular weight excluding hydrogens is 712 g/mol. The lowest BCUT2D eigenvalue weighted by atomic mass is 10.0. The molecule has 2 aromatic heterocycles. The number of ether oxygens (including phenoxy) is 4. The minimum atomic E-state index is -1.31. The number of hydrogen-bond donors (Lipinski definition) is 5. The average molecular weight is 765 g/mol. The van der Waals surface area contributed by atoms with Crippen LogP contribution in [0.2, 0.25) is 0 Å². The van der Waals surface area contributed by atoms with Crippen LogP contribution in [-0.4, -0.2) is 126 Å². The summed E-state index contributed by atoms with van der Waals surface area (Å²) in [6.45, 7) is 5.61. The molecule has 6 rings (SSSR count). The number of aryl methyl sites for hydroxylation is 1. The zero-order valence-electron chi connectivity index (χ0n) is 31.3. The number of fused-ring (bicyclic) bond motifs is 2. The quantitative estimate of drug-likeness (QED) is 0.0734. The van der Waals surface area contributed by atoms with Crippen LogP contribution >= 0.6 is 0 Å². The highest BCUT2D eigenvalue weighted by Gasteiger charge is 2.45. The Hall–Kier alpha value is -4.68. The highest BCUT2D eigenvalue weighted by Crippen LogP contribution is 2.39. The van der Waals surface area contributed by atoms with E-state index in [2.05, 4.69) is 44.3 Å². The van der Waals surface area contributed by atoms with Gasteiger partial charge in [0.05, 0.1) is 59.1 Å². The Kier molecular flexibility index (Phi) is 14.4. The number of nitrogens with one attached hydrogen (secondary N) is 4. The monoisotopic (exact) mass is 764 g/mol. The van der Waals surface area contributed by atoms with Gasteiger partial charge in [-0.3, -0.25) is 29.4 Å². The maximum absolute atomic E-state index is 13.0. The Bertz CT molecular complexity index is 1790. The van der Waals surface area contributed by atoms with Gasteiger partial charge in [0.25, 0.3) is 5.91 Å². The van der Waals surface area contributed by atoms with Gasteiger partial charge in [-0.25, -0.2) is 4.98 Å². The summed E-state index contributed by atoms with van der Waals surface area (Å²) in [7, 11) is 0.